The Balaban J connectivity index is 2.09. The maximum absolute atomic E-state index is 13.0. The van der Waals surface area contributed by atoms with E-state index in [1.54, 1.807) is 18.2 Å². The molecule has 7 heteroatoms. The van der Waals surface area contributed by atoms with Crippen LogP contribution in [0.3, 0.4) is 0 Å². The van der Waals surface area contributed by atoms with Gasteiger partial charge in [0.05, 0.1) is 6.61 Å². The number of benzene rings is 2. The number of carbonyl (C=O) groups is 1. The van der Waals surface area contributed by atoms with Gasteiger partial charge in [0, 0.05) is 22.2 Å². The summed E-state index contributed by atoms with van der Waals surface area (Å²) in [6.45, 7) is 8.50. The van der Waals surface area contributed by atoms with E-state index in [2.05, 4.69) is 26.6 Å². The van der Waals surface area contributed by atoms with E-state index < -0.39 is 0 Å². The number of carbonyl (C=O) groups excluding carboxylic acids is 1. The van der Waals surface area contributed by atoms with Crippen LogP contribution in [0.5, 0.6) is 11.5 Å². The van der Waals surface area contributed by atoms with Crippen molar-refractivity contribution in [1.82, 2.24) is 5.32 Å². The summed E-state index contributed by atoms with van der Waals surface area (Å²) < 4.78 is 25.2. The second-order valence-electron chi connectivity index (χ2n) is 7.27. The molecule has 0 aromatic heterocycles. The van der Waals surface area contributed by atoms with E-state index in [1.165, 1.54) is 12.1 Å². The Labute approximate surface area is 173 Å². The van der Waals surface area contributed by atoms with Gasteiger partial charge in [0.1, 0.15) is 5.82 Å². The second kappa shape index (κ2) is 9.78. The first kappa shape index (κ1) is 22.0. The normalized spacial score (nSPS) is 11.1. The Morgan fingerprint density at radius 2 is 1.75 bits per heavy atom. The van der Waals surface area contributed by atoms with Gasteiger partial charge in [-0.2, -0.15) is 0 Å². The first-order valence-corrected chi connectivity index (χ1v) is 9.85. The molecule has 0 radical (unpaired) electrons. The number of hydrogen-bond acceptors (Lipinski definition) is 4. The van der Waals surface area contributed by atoms with Crippen LogP contribution < -0.4 is 20.1 Å². The topological polar surface area (TPSA) is 59.6 Å². The molecule has 152 valence electrons. The van der Waals surface area contributed by atoms with Crippen molar-refractivity contribution in [3.63, 3.8) is 0 Å². The van der Waals surface area contributed by atoms with E-state index in [0.29, 0.717) is 24.7 Å². The summed E-state index contributed by atoms with van der Waals surface area (Å²) in [6.07, 6.45) is 0. The van der Waals surface area contributed by atoms with Crippen LogP contribution in [0.25, 0.3) is 0 Å². The predicted molar refractivity (Wildman–Crippen MR) is 112 cm³/mol. The molecule has 0 aliphatic rings. The summed E-state index contributed by atoms with van der Waals surface area (Å²) in [6, 6.07) is 9.82. The van der Waals surface area contributed by atoms with Crippen molar-refractivity contribution in [2.24, 2.45) is 0 Å². The third-order valence-corrected chi connectivity index (χ3v) is 4.35. The van der Waals surface area contributed by atoms with E-state index in [1.807, 2.05) is 33.8 Å². The molecule has 0 fully saturated rings. The molecule has 0 unspecified atom stereocenters. The lowest BCUT2D eigenvalue weighted by Crippen LogP contribution is -2.43. The van der Waals surface area contributed by atoms with Crippen LogP contribution in [0.2, 0.25) is 0 Å². The molecule has 0 saturated heterocycles. The highest BCUT2D eigenvalue weighted by Crippen LogP contribution is 2.34. The molecule has 28 heavy (non-hydrogen) atoms. The highest BCUT2D eigenvalue weighted by atomic mass is 79.9. The number of hydrogen-bond donors (Lipinski definition) is 2. The molecule has 0 spiro atoms. The molecule has 0 bridgehead atoms. The van der Waals surface area contributed by atoms with Crippen molar-refractivity contribution in [2.45, 2.75) is 39.8 Å². The minimum absolute atomic E-state index is 0.100. The largest absolute Gasteiger partial charge is 0.490 e. The number of halogens is 2. The molecule has 0 saturated carbocycles. The zero-order valence-electron chi connectivity index (χ0n) is 16.6. The maximum atomic E-state index is 13.0. The lowest BCUT2D eigenvalue weighted by molar-refractivity contribution is -0.124. The lowest BCUT2D eigenvalue weighted by atomic mass is 10.1. The van der Waals surface area contributed by atoms with Gasteiger partial charge in [-0.1, -0.05) is 15.9 Å². The minimum atomic E-state index is -0.320. The molecule has 5 nitrogen and oxygen atoms in total. The van der Waals surface area contributed by atoms with E-state index in [4.69, 9.17) is 9.47 Å². The summed E-state index contributed by atoms with van der Waals surface area (Å²) >= 11 is 3.54. The summed E-state index contributed by atoms with van der Waals surface area (Å²) in [5.74, 6) is 0.573. The summed E-state index contributed by atoms with van der Waals surface area (Å²) in [4.78, 5) is 12.0. The molecule has 2 aromatic carbocycles. The van der Waals surface area contributed by atoms with Crippen LogP contribution in [0.4, 0.5) is 10.1 Å². The molecule has 0 heterocycles. The molecule has 0 aliphatic heterocycles. The zero-order chi connectivity index (χ0) is 20.7. The van der Waals surface area contributed by atoms with Gasteiger partial charge in [-0.3, -0.25) is 4.79 Å². The summed E-state index contributed by atoms with van der Waals surface area (Å²) in [5.41, 5.74) is 1.43. The number of nitrogens with one attached hydrogen (secondary N) is 2. The Bertz CT molecular complexity index is 805. The van der Waals surface area contributed by atoms with Gasteiger partial charge >= 0.3 is 0 Å². The highest BCUT2D eigenvalue weighted by molar-refractivity contribution is 9.10. The molecule has 0 atom stereocenters. The first-order valence-electron chi connectivity index (χ1n) is 9.06. The Morgan fingerprint density at radius 1 is 1.11 bits per heavy atom. The standard InChI is InChI=1S/C21H26BrFN2O3/c1-5-27-18-10-14(12-24-16-8-6-15(23)7-9-16)17(22)11-19(18)28-13-20(26)25-21(2,3)4/h6-11,24H,5,12-13H2,1-4H3,(H,25,26). The van der Waals surface area contributed by atoms with Gasteiger partial charge in [0.15, 0.2) is 18.1 Å². The van der Waals surface area contributed by atoms with Gasteiger partial charge in [-0.05, 0) is 69.7 Å². The predicted octanol–water partition coefficient (Wildman–Crippen LogP) is 4.89. The molecule has 2 N–H and O–H groups in total. The molecule has 0 aliphatic carbocycles. The lowest BCUT2D eigenvalue weighted by Gasteiger charge is -2.21. The van der Waals surface area contributed by atoms with Gasteiger partial charge in [0.25, 0.3) is 5.91 Å². The smallest absolute Gasteiger partial charge is 0.258 e. The van der Waals surface area contributed by atoms with Crippen molar-refractivity contribution >= 4 is 27.5 Å². The Kier molecular flexibility index (Phi) is 7.69. The van der Waals surface area contributed by atoms with Gasteiger partial charge in [-0.15, -0.1) is 0 Å². The molecule has 1 amide bonds. The fraction of sp³-hybridized carbons (Fsp3) is 0.381. The maximum Gasteiger partial charge on any atom is 0.258 e. The Morgan fingerprint density at radius 3 is 2.36 bits per heavy atom. The Hall–Kier alpha value is -2.28. The van der Waals surface area contributed by atoms with E-state index in [0.717, 1.165) is 15.7 Å². The van der Waals surface area contributed by atoms with E-state index in [9.17, 15) is 9.18 Å². The van der Waals surface area contributed by atoms with Crippen molar-refractivity contribution in [3.8, 4) is 11.5 Å². The highest BCUT2D eigenvalue weighted by Gasteiger charge is 2.16. The van der Waals surface area contributed by atoms with Crippen LogP contribution in [-0.2, 0) is 11.3 Å². The zero-order valence-corrected chi connectivity index (χ0v) is 18.2. The number of ether oxygens (including phenoxy) is 2. The number of rotatable bonds is 8. The third-order valence-electron chi connectivity index (χ3n) is 3.61. The molecule has 2 rings (SSSR count). The van der Waals surface area contributed by atoms with Crippen molar-refractivity contribution in [3.05, 3.63) is 52.3 Å². The van der Waals surface area contributed by atoms with Gasteiger partial charge in [-0.25, -0.2) is 4.39 Å². The quantitative estimate of drug-likeness (QED) is 0.598. The fourth-order valence-electron chi connectivity index (χ4n) is 2.46. The summed E-state index contributed by atoms with van der Waals surface area (Å²) in [7, 11) is 0. The SMILES string of the molecule is CCOc1cc(CNc2ccc(F)cc2)c(Br)cc1OCC(=O)NC(C)(C)C. The van der Waals surface area contributed by atoms with Crippen molar-refractivity contribution in [2.75, 3.05) is 18.5 Å². The molecular weight excluding hydrogens is 427 g/mol. The molecule has 2 aromatic rings. The minimum Gasteiger partial charge on any atom is -0.490 e. The average molecular weight is 453 g/mol. The number of anilines is 1. The monoisotopic (exact) mass is 452 g/mol. The van der Waals surface area contributed by atoms with Crippen molar-refractivity contribution < 1.29 is 18.7 Å². The first-order chi connectivity index (χ1) is 13.2. The third kappa shape index (κ3) is 7.03. The van der Waals surface area contributed by atoms with Gasteiger partial charge in [0.2, 0.25) is 0 Å². The van der Waals surface area contributed by atoms with Crippen LogP contribution in [-0.4, -0.2) is 24.7 Å². The van der Waals surface area contributed by atoms with Crippen LogP contribution >= 0.6 is 15.9 Å². The molecular formula is C21H26BrFN2O3. The summed E-state index contributed by atoms with van der Waals surface area (Å²) in [5, 5.41) is 6.09. The van der Waals surface area contributed by atoms with E-state index >= 15 is 0 Å². The van der Waals surface area contributed by atoms with Crippen molar-refractivity contribution in [1.29, 1.82) is 0 Å². The van der Waals surface area contributed by atoms with Crippen LogP contribution in [0.1, 0.15) is 33.3 Å². The average Bonchev–Trinajstić information content (AvgIpc) is 2.60. The van der Waals surface area contributed by atoms with Gasteiger partial charge < -0.3 is 20.1 Å². The van der Waals surface area contributed by atoms with Crippen LogP contribution in [0, 0.1) is 5.82 Å². The second-order valence-corrected chi connectivity index (χ2v) is 8.13. The fourth-order valence-corrected chi connectivity index (χ4v) is 2.92. The van der Waals surface area contributed by atoms with E-state index in [-0.39, 0.29) is 23.9 Å². The number of amides is 1. The van der Waals surface area contributed by atoms with Crippen LogP contribution in [0.15, 0.2) is 40.9 Å².